The number of fused-ring (bicyclic) bond motifs is 1. The topological polar surface area (TPSA) is 30.5 Å². The van der Waals surface area contributed by atoms with E-state index in [0.29, 0.717) is 17.1 Å². The van der Waals surface area contributed by atoms with E-state index < -0.39 is 18.1 Å². The van der Waals surface area contributed by atoms with Gasteiger partial charge < -0.3 is 14.8 Å². The van der Waals surface area contributed by atoms with Crippen molar-refractivity contribution in [1.29, 1.82) is 0 Å². The fourth-order valence-corrected chi connectivity index (χ4v) is 2.80. The van der Waals surface area contributed by atoms with E-state index in [1.54, 1.807) is 44.6 Å². The summed E-state index contributed by atoms with van der Waals surface area (Å²) < 4.78 is 68.1. The zero-order chi connectivity index (χ0) is 24.7. The van der Waals surface area contributed by atoms with E-state index in [1.165, 1.54) is 0 Å². The van der Waals surface area contributed by atoms with E-state index in [1.807, 2.05) is 12.1 Å². The molecule has 1 N–H and O–H groups in total. The van der Waals surface area contributed by atoms with Gasteiger partial charge in [-0.3, -0.25) is 0 Å². The Labute approximate surface area is 169 Å². The van der Waals surface area contributed by atoms with Crippen LogP contribution in [0, 0.1) is 0 Å². The molecule has 27 heavy (non-hydrogen) atoms. The monoisotopic (exact) mass is 362 g/mol. The van der Waals surface area contributed by atoms with Crippen molar-refractivity contribution in [1.82, 2.24) is 0 Å². The van der Waals surface area contributed by atoms with Gasteiger partial charge >= 0.3 is 0 Å². The van der Waals surface area contributed by atoms with Crippen LogP contribution in [0.5, 0.6) is 11.5 Å². The predicted molar refractivity (Wildman–Crippen MR) is 112 cm³/mol. The third-order valence-electron chi connectivity index (χ3n) is 4.13. The van der Waals surface area contributed by atoms with Crippen LogP contribution in [0.4, 0.5) is 11.4 Å². The molecule has 0 amide bonds. The molecule has 0 radical (unpaired) electrons. The van der Waals surface area contributed by atoms with Gasteiger partial charge in [-0.15, -0.1) is 0 Å². The second-order valence-electron chi connectivity index (χ2n) is 5.80. The summed E-state index contributed by atoms with van der Waals surface area (Å²) in [5.41, 5.74) is 2.15. The highest BCUT2D eigenvalue weighted by Crippen LogP contribution is 2.31. The fraction of sp³-hybridized carbons (Fsp3) is 0.0833. The zero-order valence-electron chi connectivity index (χ0n) is 21.9. The van der Waals surface area contributed by atoms with Crippen molar-refractivity contribution < 1.29 is 19.1 Å². The maximum absolute atomic E-state index is 8.47. The lowest BCUT2D eigenvalue weighted by Gasteiger charge is -2.12. The molecule has 4 aromatic carbocycles. The molecule has 0 atom stereocenters. The summed E-state index contributed by atoms with van der Waals surface area (Å²) >= 11 is 0. The van der Waals surface area contributed by atoms with Crippen molar-refractivity contribution in [3.05, 3.63) is 84.8 Å². The number of hydrogen-bond acceptors (Lipinski definition) is 3. The normalized spacial score (nSPS) is 14.2. The zero-order valence-corrected chi connectivity index (χ0v) is 14.9. The number of nitrogens with one attached hydrogen (secondary N) is 1. The summed E-state index contributed by atoms with van der Waals surface area (Å²) in [6.07, 6.45) is 0. The van der Waals surface area contributed by atoms with Crippen LogP contribution >= 0.6 is 0 Å². The van der Waals surface area contributed by atoms with Crippen LogP contribution in [0.1, 0.15) is 9.60 Å². The van der Waals surface area contributed by atoms with E-state index in [9.17, 15) is 0 Å². The standard InChI is InChI=1S/C24H21NO2/c1-26-21-14-20(15-22(16-21)27-2)25-19-12-10-18(11-13-19)24-9-5-7-17-6-3-4-8-23(17)24/h3-16,25H,1-2H3/i3D,4D,5D,6D,7D,8D,9D. The van der Waals surface area contributed by atoms with Gasteiger partial charge in [-0.2, -0.15) is 0 Å². The average molecular weight is 362 g/mol. The maximum atomic E-state index is 8.47. The quantitative estimate of drug-likeness (QED) is 0.454. The van der Waals surface area contributed by atoms with Crippen LogP contribution in [0.2, 0.25) is 0 Å². The molecule has 4 rings (SSSR count). The molecule has 0 aliphatic carbocycles. The van der Waals surface area contributed by atoms with Crippen LogP contribution in [0.3, 0.4) is 0 Å². The minimum atomic E-state index is -0.470. The SMILES string of the molecule is [2H]c1c([2H])c([2H])c2c(-c3ccc(Nc4cc(OC)cc(OC)c4)cc3)c([2H])c([2H])c([2H])c2c1[2H]. The molecule has 0 heterocycles. The minimum absolute atomic E-state index is 0.0623. The molecule has 0 aliphatic heterocycles. The van der Waals surface area contributed by atoms with E-state index in [0.717, 1.165) is 11.4 Å². The lowest BCUT2D eigenvalue weighted by molar-refractivity contribution is 0.395. The minimum Gasteiger partial charge on any atom is -0.497 e. The van der Waals surface area contributed by atoms with Gasteiger partial charge in [0.1, 0.15) is 11.5 Å². The third-order valence-corrected chi connectivity index (χ3v) is 4.13. The number of methoxy groups -OCH3 is 2. The number of anilines is 2. The first kappa shape index (κ1) is 10.6. The van der Waals surface area contributed by atoms with Gasteiger partial charge in [-0.25, -0.2) is 0 Å². The first-order chi connectivity index (χ1) is 16.2. The molecule has 0 fully saturated rings. The van der Waals surface area contributed by atoms with Crippen molar-refractivity contribution in [3.8, 4) is 22.6 Å². The lowest BCUT2D eigenvalue weighted by Crippen LogP contribution is -1.93. The molecule has 0 saturated carbocycles. The highest BCUT2D eigenvalue weighted by molar-refractivity contribution is 5.96. The Balaban J connectivity index is 1.84. The van der Waals surface area contributed by atoms with Crippen LogP contribution in [0.15, 0.2) is 84.8 Å². The second kappa shape index (κ2) is 7.42. The largest absolute Gasteiger partial charge is 0.497 e. The Morgan fingerprint density at radius 3 is 2.11 bits per heavy atom. The molecule has 4 aromatic rings. The van der Waals surface area contributed by atoms with Crippen molar-refractivity contribution in [2.75, 3.05) is 19.5 Å². The van der Waals surface area contributed by atoms with Crippen molar-refractivity contribution in [2.24, 2.45) is 0 Å². The second-order valence-corrected chi connectivity index (χ2v) is 5.80. The van der Waals surface area contributed by atoms with Gasteiger partial charge in [0, 0.05) is 29.6 Å². The van der Waals surface area contributed by atoms with Crippen molar-refractivity contribution in [2.45, 2.75) is 0 Å². The van der Waals surface area contributed by atoms with Gasteiger partial charge in [0.2, 0.25) is 0 Å². The molecular formula is C24H21NO2. The average Bonchev–Trinajstić information content (AvgIpc) is 2.85. The Kier molecular flexibility index (Phi) is 2.92. The molecule has 0 bridgehead atoms. The Morgan fingerprint density at radius 2 is 1.41 bits per heavy atom. The Hall–Kier alpha value is -3.46. The number of hydrogen-bond donors (Lipinski definition) is 1. The van der Waals surface area contributed by atoms with Crippen LogP contribution < -0.4 is 14.8 Å². The van der Waals surface area contributed by atoms with E-state index in [2.05, 4.69) is 5.32 Å². The summed E-state index contributed by atoms with van der Waals surface area (Å²) in [6, 6.07) is 9.62. The summed E-state index contributed by atoms with van der Waals surface area (Å²) in [5, 5.41) is 3.25. The predicted octanol–water partition coefficient (Wildman–Crippen LogP) is 6.27. The number of rotatable bonds is 5. The maximum Gasteiger partial charge on any atom is 0.124 e. The van der Waals surface area contributed by atoms with E-state index >= 15 is 0 Å². The summed E-state index contributed by atoms with van der Waals surface area (Å²) in [5.74, 6) is 1.24. The molecule has 0 aromatic heterocycles. The highest BCUT2D eigenvalue weighted by Gasteiger charge is 2.05. The van der Waals surface area contributed by atoms with Gasteiger partial charge in [-0.05, 0) is 34.0 Å². The first-order valence-electron chi connectivity index (χ1n) is 11.8. The third kappa shape index (κ3) is 3.58. The van der Waals surface area contributed by atoms with Crippen LogP contribution in [-0.2, 0) is 0 Å². The van der Waals surface area contributed by atoms with Crippen LogP contribution in [-0.4, -0.2) is 14.2 Å². The molecular weight excluding hydrogens is 334 g/mol. The molecule has 0 aliphatic rings. The Morgan fingerprint density at radius 1 is 0.741 bits per heavy atom. The van der Waals surface area contributed by atoms with Gasteiger partial charge in [0.15, 0.2) is 0 Å². The summed E-state index contributed by atoms with van der Waals surface area (Å²) in [7, 11) is 3.13. The molecule has 3 heteroatoms. The molecule has 0 spiro atoms. The van der Waals surface area contributed by atoms with Gasteiger partial charge in [-0.1, -0.05) is 54.4 Å². The lowest BCUT2D eigenvalue weighted by atomic mass is 9.98. The van der Waals surface area contributed by atoms with E-state index in [-0.39, 0.29) is 40.5 Å². The molecule has 134 valence electrons. The fourth-order valence-electron chi connectivity index (χ4n) is 2.80. The summed E-state index contributed by atoms with van der Waals surface area (Å²) in [4.78, 5) is 0. The number of ether oxygens (including phenoxy) is 2. The number of benzene rings is 4. The smallest absolute Gasteiger partial charge is 0.124 e. The highest BCUT2D eigenvalue weighted by atomic mass is 16.5. The van der Waals surface area contributed by atoms with Crippen molar-refractivity contribution >= 4 is 22.1 Å². The molecule has 0 saturated heterocycles. The van der Waals surface area contributed by atoms with E-state index in [4.69, 9.17) is 19.1 Å². The van der Waals surface area contributed by atoms with Crippen LogP contribution in [0.25, 0.3) is 21.9 Å². The van der Waals surface area contributed by atoms with Gasteiger partial charge in [0.25, 0.3) is 0 Å². The molecule has 0 unspecified atom stereocenters. The van der Waals surface area contributed by atoms with Crippen molar-refractivity contribution in [3.63, 3.8) is 0 Å². The Bertz CT molecular complexity index is 1390. The molecule has 3 nitrogen and oxygen atoms in total. The first-order valence-corrected chi connectivity index (χ1v) is 8.28. The summed E-state index contributed by atoms with van der Waals surface area (Å²) in [6.45, 7) is 0. The van der Waals surface area contributed by atoms with Gasteiger partial charge in [0.05, 0.1) is 23.8 Å².